The lowest BCUT2D eigenvalue weighted by Gasteiger charge is -2.18. The molecule has 0 saturated carbocycles. The van der Waals surface area contributed by atoms with Crippen molar-refractivity contribution in [1.82, 2.24) is 9.71 Å². The lowest BCUT2D eigenvalue weighted by Crippen LogP contribution is -2.31. The maximum Gasteiger partial charge on any atom is 0.307 e. The fraction of sp³-hybridized carbons (Fsp3) is 0.167. The number of nitrogens with zero attached hydrogens (tertiary/aromatic N) is 2. The van der Waals surface area contributed by atoms with Crippen molar-refractivity contribution >= 4 is 39.2 Å². The van der Waals surface area contributed by atoms with E-state index in [1.807, 2.05) is 0 Å². The van der Waals surface area contributed by atoms with E-state index >= 15 is 0 Å². The summed E-state index contributed by atoms with van der Waals surface area (Å²) in [7, 11) is -4.09. The highest BCUT2D eigenvalue weighted by molar-refractivity contribution is 7.89. The van der Waals surface area contributed by atoms with Crippen molar-refractivity contribution in [2.45, 2.75) is 24.3 Å². The van der Waals surface area contributed by atoms with Crippen LogP contribution < -0.4 is 21.5 Å². The molecule has 0 aliphatic rings. The third-order valence-electron chi connectivity index (χ3n) is 4.83. The van der Waals surface area contributed by atoms with Gasteiger partial charge in [0.15, 0.2) is 5.96 Å². The van der Waals surface area contributed by atoms with Crippen molar-refractivity contribution in [3.63, 3.8) is 0 Å². The first-order chi connectivity index (χ1) is 17.2. The number of anilines is 1. The van der Waals surface area contributed by atoms with E-state index in [9.17, 15) is 18.0 Å². The Morgan fingerprint density at radius 3 is 2.56 bits per heavy atom. The van der Waals surface area contributed by atoms with Crippen LogP contribution >= 0.6 is 0 Å². The zero-order valence-corrected chi connectivity index (χ0v) is 20.2. The number of sulfonamides is 1. The lowest BCUT2D eigenvalue weighted by molar-refractivity contribution is -0.143. The van der Waals surface area contributed by atoms with E-state index in [1.54, 1.807) is 49.5 Å². The van der Waals surface area contributed by atoms with Gasteiger partial charge in [0.25, 0.3) is 5.91 Å². The summed E-state index contributed by atoms with van der Waals surface area (Å²) in [6.07, 6.45) is 2.79. The highest BCUT2D eigenvalue weighted by Crippen LogP contribution is 2.23. The van der Waals surface area contributed by atoms with Crippen molar-refractivity contribution in [3.8, 4) is 0 Å². The summed E-state index contributed by atoms with van der Waals surface area (Å²) in [6, 6.07) is 14.4. The van der Waals surface area contributed by atoms with Crippen LogP contribution in [-0.4, -0.2) is 37.8 Å². The SMILES string of the molecule is CCOC(=O)CC(NS(=O)(=O)c1cccc(NC(=O)c2cccc(N=C(N)N)c2)c1)c1cccnc1. The summed E-state index contributed by atoms with van der Waals surface area (Å²) in [5.41, 5.74) is 12.2. The Morgan fingerprint density at radius 2 is 1.86 bits per heavy atom. The Morgan fingerprint density at radius 1 is 1.08 bits per heavy atom. The maximum absolute atomic E-state index is 13.2. The number of aliphatic imine (C=N–C) groups is 1. The molecule has 12 heteroatoms. The minimum Gasteiger partial charge on any atom is -0.466 e. The predicted octanol–water partition coefficient (Wildman–Crippen LogP) is 2.21. The van der Waals surface area contributed by atoms with E-state index in [2.05, 4.69) is 20.0 Å². The zero-order chi connectivity index (χ0) is 26.1. The average molecular weight is 511 g/mol. The fourth-order valence-corrected chi connectivity index (χ4v) is 4.53. The van der Waals surface area contributed by atoms with Crippen LogP contribution in [0.2, 0.25) is 0 Å². The van der Waals surface area contributed by atoms with Crippen LogP contribution in [0.5, 0.6) is 0 Å². The van der Waals surface area contributed by atoms with Gasteiger partial charge in [-0.25, -0.2) is 18.1 Å². The normalized spacial score (nSPS) is 11.8. The van der Waals surface area contributed by atoms with Crippen LogP contribution in [0.1, 0.15) is 35.3 Å². The molecule has 6 N–H and O–H groups in total. The van der Waals surface area contributed by atoms with E-state index in [0.717, 1.165) is 0 Å². The molecule has 36 heavy (non-hydrogen) atoms. The van der Waals surface area contributed by atoms with E-state index < -0.39 is 27.9 Å². The molecule has 0 spiro atoms. The molecule has 1 amide bonds. The topological polar surface area (TPSA) is 179 Å². The Labute approximate surface area is 208 Å². The molecule has 1 heterocycles. The number of amides is 1. The molecule has 3 rings (SSSR count). The van der Waals surface area contributed by atoms with Gasteiger partial charge >= 0.3 is 5.97 Å². The van der Waals surface area contributed by atoms with Crippen LogP contribution in [0.25, 0.3) is 0 Å². The average Bonchev–Trinajstić information content (AvgIpc) is 2.84. The maximum atomic E-state index is 13.2. The first-order valence-electron chi connectivity index (χ1n) is 10.9. The van der Waals surface area contributed by atoms with Crippen LogP contribution in [0, 0.1) is 0 Å². The number of nitrogens with two attached hydrogens (primary N) is 2. The minimum absolute atomic E-state index is 0.104. The molecule has 1 atom stereocenters. The molecule has 188 valence electrons. The smallest absolute Gasteiger partial charge is 0.307 e. The molecule has 0 fully saturated rings. The number of carbonyl (C=O) groups is 2. The van der Waals surface area contributed by atoms with Gasteiger partial charge in [-0.1, -0.05) is 18.2 Å². The molecule has 0 radical (unpaired) electrons. The molecule has 1 unspecified atom stereocenters. The highest BCUT2D eigenvalue weighted by Gasteiger charge is 2.25. The number of pyridine rings is 1. The van der Waals surface area contributed by atoms with Gasteiger partial charge in [0.1, 0.15) is 0 Å². The molecular formula is C24H26N6O5S. The van der Waals surface area contributed by atoms with E-state index in [0.29, 0.717) is 11.3 Å². The molecule has 0 bridgehead atoms. The zero-order valence-electron chi connectivity index (χ0n) is 19.4. The lowest BCUT2D eigenvalue weighted by atomic mass is 10.1. The number of ether oxygens (including phenoxy) is 1. The monoisotopic (exact) mass is 510 g/mol. The molecule has 0 aliphatic heterocycles. The predicted molar refractivity (Wildman–Crippen MR) is 135 cm³/mol. The van der Waals surface area contributed by atoms with Gasteiger partial charge in [0.2, 0.25) is 10.0 Å². The van der Waals surface area contributed by atoms with E-state index in [-0.39, 0.29) is 35.1 Å². The van der Waals surface area contributed by atoms with E-state index in [4.69, 9.17) is 16.2 Å². The van der Waals surface area contributed by atoms with Crippen molar-refractivity contribution in [1.29, 1.82) is 0 Å². The first kappa shape index (κ1) is 26.3. The molecule has 0 saturated heterocycles. The summed E-state index contributed by atoms with van der Waals surface area (Å²) in [6.45, 7) is 1.83. The Kier molecular flexibility index (Phi) is 8.71. The van der Waals surface area contributed by atoms with Gasteiger partial charge in [-0.05, 0) is 55.0 Å². The van der Waals surface area contributed by atoms with Crippen molar-refractivity contribution in [3.05, 3.63) is 84.2 Å². The number of carbonyl (C=O) groups excluding carboxylic acids is 2. The summed E-state index contributed by atoms with van der Waals surface area (Å²) >= 11 is 0. The second-order valence-electron chi connectivity index (χ2n) is 7.54. The summed E-state index contributed by atoms with van der Waals surface area (Å²) in [4.78, 5) is 32.6. The standard InChI is InChI=1S/C24H26N6O5S/c1-2-35-22(31)14-21(17-7-5-11-27-15-17)30-36(33,34)20-10-4-9-19(13-20)28-23(32)16-6-3-8-18(12-16)29-24(25)26/h3-13,15,21,30H,2,14H2,1H3,(H,28,32)(H4,25,26,29). The number of esters is 1. The molecule has 2 aromatic carbocycles. The Balaban J connectivity index is 1.81. The number of nitrogens with one attached hydrogen (secondary N) is 2. The van der Waals surface area contributed by atoms with Crippen LogP contribution in [-0.2, 0) is 19.6 Å². The number of benzene rings is 2. The van der Waals surface area contributed by atoms with Crippen molar-refractivity contribution in [2.24, 2.45) is 16.5 Å². The van der Waals surface area contributed by atoms with Gasteiger partial charge in [-0.15, -0.1) is 0 Å². The van der Waals surface area contributed by atoms with Crippen molar-refractivity contribution in [2.75, 3.05) is 11.9 Å². The second kappa shape index (κ2) is 11.9. The largest absolute Gasteiger partial charge is 0.466 e. The van der Waals surface area contributed by atoms with Crippen LogP contribution in [0.15, 0.2) is 82.9 Å². The molecule has 1 aromatic heterocycles. The van der Waals surface area contributed by atoms with Gasteiger partial charge in [-0.3, -0.25) is 14.6 Å². The first-order valence-corrected chi connectivity index (χ1v) is 12.3. The number of rotatable bonds is 10. The summed E-state index contributed by atoms with van der Waals surface area (Å²) in [5, 5.41) is 2.66. The summed E-state index contributed by atoms with van der Waals surface area (Å²) in [5.74, 6) is -1.19. The third kappa shape index (κ3) is 7.35. The van der Waals surface area contributed by atoms with Gasteiger partial charge in [0.05, 0.1) is 29.7 Å². The minimum atomic E-state index is -4.09. The molecular weight excluding hydrogens is 484 g/mol. The molecule has 0 aliphatic carbocycles. The number of guanidine groups is 1. The Bertz CT molecular complexity index is 1360. The second-order valence-corrected chi connectivity index (χ2v) is 9.25. The summed E-state index contributed by atoms with van der Waals surface area (Å²) < 4.78 is 33.9. The number of aromatic nitrogens is 1. The van der Waals surface area contributed by atoms with Gasteiger partial charge in [0, 0.05) is 23.6 Å². The van der Waals surface area contributed by atoms with Gasteiger partial charge in [-0.2, -0.15) is 0 Å². The number of hydrogen-bond donors (Lipinski definition) is 4. The molecule has 11 nitrogen and oxygen atoms in total. The van der Waals surface area contributed by atoms with Crippen LogP contribution in [0.3, 0.4) is 0 Å². The fourth-order valence-electron chi connectivity index (χ4n) is 3.26. The number of hydrogen-bond acceptors (Lipinski definition) is 7. The molecule has 3 aromatic rings. The van der Waals surface area contributed by atoms with Gasteiger partial charge < -0.3 is 21.5 Å². The Hall–Kier alpha value is -4.29. The van der Waals surface area contributed by atoms with Crippen LogP contribution in [0.4, 0.5) is 11.4 Å². The van der Waals surface area contributed by atoms with E-state index in [1.165, 1.54) is 30.5 Å². The highest BCUT2D eigenvalue weighted by atomic mass is 32.2. The van der Waals surface area contributed by atoms with Crippen molar-refractivity contribution < 1.29 is 22.7 Å². The third-order valence-corrected chi connectivity index (χ3v) is 6.30. The quantitative estimate of drug-likeness (QED) is 0.182.